The Morgan fingerprint density at radius 3 is 1.31 bits per heavy atom. The summed E-state index contributed by atoms with van der Waals surface area (Å²) >= 11 is -6.29. The van der Waals surface area contributed by atoms with Crippen molar-refractivity contribution in [3.63, 3.8) is 0 Å². The first kappa shape index (κ1) is 10.8. The van der Waals surface area contributed by atoms with Gasteiger partial charge >= 0.3 is 73.8 Å². The molecule has 0 amide bonds. The molecule has 6 nitrogen and oxygen atoms in total. The molecule has 0 aromatic heterocycles. The van der Waals surface area contributed by atoms with Gasteiger partial charge in [0, 0.05) is 0 Å². The van der Waals surface area contributed by atoms with Crippen LogP contribution >= 0.6 is 0 Å². The van der Waals surface area contributed by atoms with Gasteiger partial charge < -0.3 is 0 Å². The molecule has 0 unspecified atom stereocenters. The first-order valence-corrected chi connectivity index (χ1v) is 10.1. The van der Waals surface area contributed by atoms with Gasteiger partial charge in [-0.05, 0) is 0 Å². The van der Waals surface area contributed by atoms with E-state index in [4.69, 9.17) is 25.3 Å². The Morgan fingerprint density at radius 1 is 0.692 bits per heavy atom. The average molecular weight is 221 g/mol. The summed E-state index contributed by atoms with van der Waals surface area (Å²) in [6, 6.07) is 8.13. The van der Waals surface area contributed by atoms with Crippen molar-refractivity contribution in [1.82, 2.24) is 0 Å². The molecule has 12 N–H and O–H groups in total. The summed E-state index contributed by atoms with van der Waals surface area (Å²) in [5, 5.41) is 0. The van der Waals surface area contributed by atoms with Crippen molar-refractivity contribution < 1.29 is 14.3 Å². The van der Waals surface area contributed by atoms with Crippen LogP contribution in [0.5, 0.6) is 0 Å². The second-order valence-electron chi connectivity index (χ2n) is 4.73. The van der Waals surface area contributed by atoms with Crippen LogP contribution in [0, 0.1) is 0 Å². The van der Waals surface area contributed by atoms with Crippen molar-refractivity contribution in [3.8, 4) is 0 Å². The zero-order valence-electron chi connectivity index (χ0n) is 7.35. The van der Waals surface area contributed by atoms with E-state index < -0.39 is 14.3 Å². The molecular weight excluding hydrogens is 204 g/mol. The third-order valence-corrected chi connectivity index (χ3v) is 5.42. The van der Waals surface area contributed by atoms with Gasteiger partial charge in [-0.1, -0.05) is 0 Å². The van der Waals surface area contributed by atoms with Crippen LogP contribution < -0.4 is 29.2 Å². The molecule has 1 aromatic rings. The topological polar surface area (TPSA) is 156 Å². The van der Waals surface area contributed by atoms with Gasteiger partial charge in [-0.15, -0.1) is 0 Å². The predicted molar refractivity (Wildman–Crippen MR) is 51.2 cm³/mol. The SMILES string of the molecule is [NH2][Ti]([NH2])([NH2])([NH2])([NH2])([NH2])[c]1ccccc1. The molecule has 0 spiro atoms. The molecule has 0 radical (unpaired) electrons. The molecule has 0 bridgehead atoms. The van der Waals surface area contributed by atoms with Gasteiger partial charge in [0.25, 0.3) is 0 Å². The van der Waals surface area contributed by atoms with Crippen molar-refractivity contribution in [2.24, 2.45) is 25.3 Å². The van der Waals surface area contributed by atoms with E-state index in [1.54, 1.807) is 18.2 Å². The second kappa shape index (κ2) is 1.62. The molecule has 13 heavy (non-hydrogen) atoms. The molecule has 0 aliphatic carbocycles. The Balaban J connectivity index is 3.60. The Morgan fingerprint density at radius 2 is 1.08 bits per heavy atom. The minimum atomic E-state index is -6.29. The maximum atomic E-state index is 5.65. The molecule has 1 aromatic carbocycles. The average Bonchev–Trinajstić information content (AvgIpc) is 1.84. The van der Waals surface area contributed by atoms with Crippen molar-refractivity contribution in [3.05, 3.63) is 30.3 Å². The van der Waals surface area contributed by atoms with Crippen LogP contribution in [0.25, 0.3) is 0 Å². The fraction of sp³-hybridized carbons (Fsp3) is 0. The number of hydrogen-bond acceptors (Lipinski definition) is 6. The molecule has 0 aliphatic rings. The monoisotopic (exact) mass is 221 g/mol. The van der Waals surface area contributed by atoms with E-state index in [1.165, 1.54) is 12.1 Å². The van der Waals surface area contributed by atoms with Crippen LogP contribution in [0.4, 0.5) is 0 Å². The van der Waals surface area contributed by atoms with Gasteiger partial charge in [-0.3, -0.25) is 0 Å². The van der Waals surface area contributed by atoms with E-state index in [2.05, 4.69) is 0 Å². The Kier molecular flexibility index (Phi) is 1.35. The van der Waals surface area contributed by atoms with Gasteiger partial charge in [0.15, 0.2) is 0 Å². The summed E-state index contributed by atoms with van der Waals surface area (Å²) < 4.78 is 34.1. The maximum absolute atomic E-state index is 6.29. The van der Waals surface area contributed by atoms with Crippen molar-refractivity contribution in [2.75, 3.05) is 0 Å². The molecule has 0 atom stereocenters. The molecule has 0 saturated heterocycles. The van der Waals surface area contributed by atoms with Crippen molar-refractivity contribution in [1.29, 1.82) is 0 Å². The van der Waals surface area contributed by atoms with E-state index in [-0.39, 0.29) is 3.87 Å². The van der Waals surface area contributed by atoms with E-state index >= 15 is 0 Å². The van der Waals surface area contributed by atoms with Crippen molar-refractivity contribution in [2.45, 2.75) is 0 Å². The summed E-state index contributed by atoms with van der Waals surface area (Å²) in [6.07, 6.45) is 0. The van der Waals surface area contributed by atoms with E-state index in [0.29, 0.717) is 0 Å². The molecule has 0 aliphatic heterocycles. The van der Waals surface area contributed by atoms with E-state index in [1.807, 2.05) is 0 Å². The fourth-order valence-corrected chi connectivity index (χ4v) is 3.12. The van der Waals surface area contributed by atoms with Crippen molar-refractivity contribution >= 4 is 3.87 Å². The van der Waals surface area contributed by atoms with Gasteiger partial charge in [-0.2, -0.15) is 0 Å². The second-order valence-corrected chi connectivity index (χ2v) is 16.1. The summed E-state index contributed by atoms with van der Waals surface area (Å²) in [4.78, 5) is 0. The number of benzene rings is 1. The quantitative estimate of drug-likeness (QED) is 0.283. The Labute approximate surface area is 74.0 Å². The molecule has 1 rings (SSSR count). The summed E-state index contributed by atoms with van der Waals surface area (Å²) in [5.74, 6) is 0. The van der Waals surface area contributed by atoms with Crippen LogP contribution in [-0.4, -0.2) is 0 Å². The fourth-order valence-electron chi connectivity index (χ4n) is 1.02. The van der Waals surface area contributed by atoms with Crippen LogP contribution in [0.1, 0.15) is 0 Å². The van der Waals surface area contributed by atoms with Crippen LogP contribution in [0.3, 0.4) is 0 Å². The van der Waals surface area contributed by atoms with Gasteiger partial charge in [0.1, 0.15) is 0 Å². The number of rotatable bonds is 1. The zero-order valence-corrected chi connectivity index (χ0v) is 8.91. The first-order valence-electron chi connectivity index (χ1n) is 3.89. The van der Waals surface area contributed by atoms with Crippen LogP contribution in [0.2, 0.25) is 0 Å². The third-order valence-electron chi connectivity index (χ3n) is 1.77. The standard InChI is InChI=1S/C6H5.6H2N.Ti/c1-2-4-6-5-3-1;;;;;;;/h1-5H;6*1H2;/q;6*-1;+6. The first-order chi connectivity index (χ1) is 5.30. The molecule has 7 heteroatoms. The van der Waals surface area contributed by atoms with Gasteiger partial charge in [-0.25, -0.2) is 0 Å². The normalized spacial score (nSPS) is 20.9. The van der Waals surface area contributed by atoms with Gasteiger partial charge in [0.05, 0.1) is 0 Å². The molecular formula is C6H17N6Ti. The van der Waals surface area contributed by atoms with Crippen LogP contribution in [0.15, 0.2) is 30.3 Å². The van der Waals surface area contributed by atoms with E-state index in [9.17, 15) is 0 Å². The van der Waals surface area contributed by atoms with Gasteiger partial charge in [0.2, 0.25) is 0 Å². The molecule has 0 fully saturated rings. The number of nitrogens with two attached hydrogens (primary N) is 6. The summed E-state index contributed by atoms with van der Waals surface area (Å²) in [6.45, 7) is 0. The third kappa shape index (κ3) is 2.83. The van der Waals surface area contributed by atoms with E-state index in [0.717, 1.165) is 0 Å². The Bertz CT molecular complexity index is 337. The molecule has 0 heterocycles. The predicted octanol–water partition coefficient (Wildman–Crippen LogP) is -2.68. The summed E-state index contributed by atoms with van der Waals surface area (Å²) in [7, 11) is 0. The van der Waals surface area contributed by atoms with Crippen LogP contribution in [-0.2, 0) is 14.3 Å². The molecule has 0 saturated carbocycles. The summed E-state index contributed by atoms with van der Waals surface area (Å²) in [5.41, 5.74) is 0. The number of hydrogen-bond donors (Lipinski definition) is 6. The minimum absolute atomic E-state index is 0.195. The Hall–Kier alpha value is -0.306. The molecule has 75 valence electrons. The zero-order chi connectivity index (χ0) is 10.5.